The number of carbonyl (C=O) groups is 1. The molecule has 0 aliphatic heterocycles. The lowest BCUT2D eigenvalue weighted by Gasteiger charge is -2.13. The van der Waals surface area contributed by atoms with Crippen LogP contribution in [0.2, 0.25) is 0 Å². The topological polar surface area (TPSA) is 97.6 Å². The van der Waals surface area contributed by atoms with E-state index in [1.807, 2.05) is 32.9 Å². The fourth-order valence-corrected chi connectivity index (χ4v) is 3.71. The molecular weight excluding hydrogens is 500 g/mol. The summed E-state index contributed by atoms with van der Waals surface area (Å²) in [7, 11) is 0. The minimum atomic E-state index is -2.70. The highest BCUT2D eigenvalue weighted by molar-refractivity contribution is 6.05. The molecule has 0 aliphatic rings. The van der Waals surface area contributed by atoms with E-state index in [-0.39, 0.29) is 11.3 Å². The Balaban J connectivity index is 0.00000172. The molecule has 0 aliphatic carbocycles. The maximum atomic E-state index is 13.5. The van der Waals surface area contributed by atoms with Crippen LogP contribution >= 0.6 is 0 Å². The van der Waals surface area contributed by atoms with Gasteiger partial charge in [0.1, 0.15) is 0 Å². The van der Waals surface area contributed by atoms with E-state index in [0.29, 0.717) is 28.6 Å². The van der Waals surface area contributed by atoms with Crippen molar-refractivity contribution in [3.05, 3.63) is 109 Å². The van der Waals surface area contributed by atoms with Crippen LogP contribution in [0.4, 0.5) is 26.1 Å². The largest absolute Gasteiger partial charge is 0.324 e. The molecule has 0 saturated carbocycles. The van der Waals surface area contributed by atoms with Crippen LogP contribution < -0.4 is 10.6 Å². The number of imidazole rings is 1. The number of pyridine rings is 1. The Morgan fingerprint density at radius 2 is 1.82 bits per heavy atom. The van der Waals surface area contributed by atoms with E-state index in [1.165, 1.54) is 18.5 Å². The number of alkyl halides is 2. The van der Waals surface area contributed by atoms with Crippen molar-refractivity contribution in [2.45, 2.75) is 27.2 Å². The number of amides is 1. The Morgan fingerprint density at radius 1 is 0.974 bits per heavy atom. The Hall–Kier alpha value is -4.99. The fourth-order valence-electron chi connectivity index (χ4n) is 3.71. The summed E-state index contributed by atoms with van der Waals surface area (Å²) in [6.07, 6.45) is 7.02. The second kappa shape index (κ2) is 12.5. The molecule has 0 saturated heterocycles. The first kappa shape index (κ1) is 27.1. The van der Waals surface area contributed by atoms with Gasteiger partial charge >= 0.3 is 0 Å². The number of aryl methyl sites for hydroxylation is 1. The van der Waals surface area contributed by atoms with Crippen molar-refractivity contribution in [1.82, 2.24) is 24.5 Å². The van der Waals surface area contributed by atoms with Gasteiger partial charge in [-0.25, -0.2) is 23.7 Å². The highest BCUT2D eigenvalue weighted by atomic mass is 19.3. The van der Waals surface area contributed by atoms with Gasteiger partial charge in [0.25, 0.3) is 12.3 Å². The van der Waals surface area contributed by atoms with E-state index in [0.717, 1.165) is 11.1 Å². The summed E-state index contributed by atoms with van der Waals surface area (Å²) in [5.41, 5.74) is 3.88. The molecular formula is C29H27F2N7O. The molecule has 0 unspecified atom stereocenters. The van der Waals surface area contributed by atoms with E-state index in [2.05, 4.69) is 30.6 Å². The summed E-state index contributed by atoms with van der Waals surface area (Å²) in [6, 6.07) is 14.8. The van der Waals surface area contributed by atoms with Crippen molar-refractivity contribution in [3.63, 3.8) is 0 Å². The smallest absolute Gasteiger partial charge is 0.264 e. The fraction of sp³-hybridized carbons (Fsp3) is 0.138. The number of anilines is 3. The number of hydrogen-bond acceptors (Lipinski definition) is 6. The highest BCUT2D eigenvalue weighted by Crippen LogP contribution is 2.27. The van der Waals surface area contributed by atoms with E-state index in [9.17, 15) is 13.6 Å². The van der Waals surface area contributed by atoms with Crippen LogP contribution in [0.5, 0.6) is 0 Å². The molecule has 0 bridgehead atoms. The average molecular weight is 528 g/mol. The first-order chi connectivity index (χ1) is 19.0. The first-order valence-corrected chi connectivity index (χ1v) is 12.3. The molecule has 198 valence electrons. The molecule has 2 aromatic carbocycles. The Kier molecular flexibility index (Phi) is 8.67. The van der Waals surface area contributed by atoms with Crippen molar-refractivity contribution in [1.29, 1.82) is 0 Å². The summed E-state index contributed by atoms with van der Waals surface area (Å²) in [6.45, 7) is 5.89. The molecule has 10 heteroatoms. The molecule has 1 amide bonds. The average Bonchev–Trinajstić information content (AvgIpc) is 3.51. The van der Waals surface area contributed by atoms with Crippen LogP contribution in [0, 0.1) is 6.92 Å². The predicted octanol–water partition coefficient (Wildman–Crippen LogP) is 6.99. The molecule has 5 rings (SSSR count). The quantitative estimate of drug-likeness (QED) is 0.237. The normalized spacial score (nSPS) is 10.5. The molecule has 0 radical (unpaired) electrons. The van der Waals surface area contributed by atoms with Crippen molar-refractivity contribution >= 4 is 23.2 Å². The molecule has 0 fully saturated rings. The third-order valence-electron chi connectivity index (χ3n) is 5.61. The molecule has 8 nitrogen and oxygen atoms in total. The monoisotopic (exact) mass is 527 g/mol. The van der Waals surface area contributed by atoms with E-state index in [4.69, 9.17) is 0 Å². The van der Waals surface area contributed by atoms with Crippen molar-refractivity contribution < 1.29 is 13.6 Å². The maximum Gasteiger partial charge on any atom is 0.264 e. The van der Waals surface area contributed by atoms with Gasteiger partial charge in [-0.2, -0.15) is 0 Å². The number of halogens is 2. The van der Waals surface area contributed by atoms with Crippen LogP contribution in [0.15, 0.2) is 91.9 Å². The Morgan fingerprint density at radius 3 is 2.54 bits per heavy atom. The van der Waals surface area contributed by atoms with Crippen molar-refractivity contribution in [2.75, 3.05) is 10.6 Å². The Labute approximate surface area is 224 Å². The van der Waals surface area contributed by atoms with Gasteiger partial charge in [0, 0.05) is 64.7 Å². The minimum Gasteiger partial charge on any atom is -0.324 e. The SMILES string of the molecule is CC.Cc1ccc(C(=O)Nc2cc(C(F)F)cc(-n3ccnc3)c2)cc1Nc1nccc(-c2cccnc2)n1. The zero-order valence-electron chi connectivity index (χ0n) is 21.6. The summed E-state index contributed by atoms with van der Waals surface area (Å²) >= 11 is 0. The zero-order valence-corrected chi connectivity index (χ0v) is 21.6. The number of nitrogens with zero attached hydrogens (tertiary/aromatic N) is 5. The summed E-state index contributed by atoms with van der Waals surface area (Å²) in [5.74, 6) is -0.0901. The highest BCUT2D eigenvalue weighted by Gasteiger charge is 2.15. The standard InChI is InChI=1S/C27H21F2N7O.C2H6/c1-17-4-5-18(13-24(17)35-27-32-8-6-23(34-27)19-3-2-7-30-15-19)26(37)33-21-11-20(25(28)29)12-22(14-21)36-10-9-31-16-36;1-2/h2-16,25H,1H3,(H,33,37)(H,32,34,35);1-2H3. The van der Waals surface area contributed by atoms with Crippen LogP contribution in [-0.4, -0.2) is 30.4 Å². The zero-order chi connectivity index (χ0) is 27.8. The van der Waals surface area contributed by atoms with Gasteiger partial charge in [-0.05, 0) is 61.0 Å². The number of aromatic nitrogens is 5. The molecule has 5 aromatic rings. The van der Waals surface area contributed by atoms with Gasteiger partial charge in [-0.1, -0.05) is 19.9 Å². The second-order valence-electron chi connectivity index (χ2n) is 8.20. The lowest BCUT2D eigenvalue weighted by Crippen LogP contribution is -2.13. The van der Waals surface area contributed by atoms with Crippen LogP contribution in [0.1, 0.15) is 41.8 Å². The molecule has 39 heavy (non-hydrogen) atoms. The molecule has 0 atom stereocenters. The van der Waals surface area contributed by atoms with Gasteiger partial charge in [-0.15, -0.1) is 0 Å². The number of rotatable bonds is 7. The predicted molar refractivity (Wildman–Crippen MR) is 148 cm³/mol. The number of benzene rings is 2. The minimum absolute atomic E-state index is 0.210. The van der Waals surface area contributed by atoms with Crippen LogP contribution in [-0.2, 0) is 0 Å². The summed E-state index contributed by atoms with van der Waals surface area (Å²) in [5, 5.41) is 5.89. The summed E-state index contributed by atoms with van der Waals surface area (Å²) < 4.78 is 28.6. The molecule has 3 aromatic heterocycles. The lowest BCUT2D eigenvalue weighted by molar-refractivity contribution is 0.102. The molecule has 0 spiro atoms. The van der Waals surface area contributed by atoms with E-state index in [1.54, 1.807) is 65.9 Å². The number of nitrogens with one attached hydrogen (secondary N) is 2. The van der Waals surface area contributed by atoms with Gasteiger partial charge in [0.2, 0.25) is 5.95 Å². The van der Waals surface area contributed by atoms with Crippen LogP contribution in [0.3, 0.4) is 0 Å². The molecule has 3 heterocycles. The third kappa shape index (κ3) is 6.67. The first-order valence-electron chi connectivity index (χ1n) is 12.3. The number of carbonyl (C=O) groups excluding carboxylic acids is 1. The van der Waals surface area contributed by atoms with Crippen molar-refractivity contribution in [3.8, 4) is 16.9 Å². The molecule has 2 N–H and O–H groups in total. The van der Waals surface area contributed by atoms with E-state index >= 15 is 0 Å². The van der Waals surface area contributed by atoms with Gasteiger partial charge in [-0.3, -0.25) is 9.78 Å². The third-order valence-corrected chi connectivity index (χ3v) is 5.61. The van der Waals surface area contributed by atoms with Gasteiger partial charge in [0.15, 0.2) is 0 Å². The number of hydrogen-bond donors (Lipinski definition) is 2. The second-order valence-corrected chi connectivity index (χ2v) is 8.20. The van der Waals surface area contributed by atoms with Crippen LogP contribution in [0.25, 0.3) is 16.9 Å². The maximum absolute atomic E-state index is 13.5. The van der Waals surface area contributed by atoms with Gasteiger partial charge in [0.05, 0.1) is 12.0 Å². The van der Waals surface area contributed by atoms with E-state index < -0.39 is 12.3 Å². The lowest BCUT2D eigenvalue weighted by atomic mass is 10.1. The van der Waals surface area contributed by atoms with Gasteiger partial charge < -0.3 is 15.2 Å². The summed E-state index contributed by atoms with van der Waals surface area (Å²) in [4.78, 5) is 30.0. The Bertz CT molecular complexity index is 1540. The van der Waals surface area contributed by atoms with Crippen molar-refractivity contribution in [2.24, 2.45) is 0 Å².